The highest BCUT2D eigenvalue weighted by atomic mass is 35.6. The van der Waals surface area contributed by atoms with E-state index in [2.05, 4.69) is 4.74 Å². The molecule has 11 heteroatoms. The molecule has 0 heterocycles. The molecule has 0 saturated heterocycles. The molecule has 0 aliphatic heterocycles. The molecule has 1 amide bonds. The molecule has 5 nitrogen and oxygen atoms in total. The van der Waals surface area contributed by atoms with E-state index in [1.54, 1.807) is 0 Å². The van der Waals surface area contributed by atoms with Crippen molar-refractivity contribution in [1.82, 2.24) is 5.32 Å². The van der Waals surface area contributed by atoms with Gasteiger partial charge in [-0.15, -0.1) is 0 Å². The zero-order valence-corrected chi connectivity index (χ0v) is 13.3. The fourth-order valence-electron chi connectivity index (χ4n) is 1.46. The van der Waals surface area contributed by atoms with Gasteiger partial charge in [-0.3, -0.25) is 0 Å². The third kappa shape index (κ3) is 6.72. The number of ether oxygens (including phenoxy) is 1. The maximum Gasteiger partial charge on any atom is 0.416 e. The summed E-state index contributed by atoms with van der Waals surface area (Å²) in [5.74, 6) is -1.50. The van der Waals surface area contributed by atoms with Crippen LogP contribution in [-0.4, -0.2) is 27.6 Å². The number of rotatable bonds is 4. The summed E-state index contributed by atoms with van der Waals surface area (Å²) < 4.78 is 40.0. The largest absolute Gasteiger partial charge is 0.479 e. The number of hydrogen-bond donors (Lipinski definition) is 2. The first-order chi connectivity index (χ1) is 10.4. The van der Waals surface area contributed by atoms with Crippen LogP contribution >= 0.6 is 34.8 Å². The minimum atomic E-state index is -4.56. The second kappa shape index (κ2) is 7.46. The van der Waals surface area contributed by atoms with E-state index >= 15 is 0 Å². The SMILES string of the molecule is O=C(N[C@@H](C(=O)O)c1ccc(C(F)(F)F)cc1)OCC(Cl)(Cl)Cl. The molecule has 1 atom stereocenters. The first-order valence-electron chi connectivity index (χ1n) is 5.80. The van der Waals surface area contributed by atoms with Crippen LogP contribution in [0.1, 0.15) is 17.2 Å². The van der Waals surface area contributed by atoms with E-state index in [0.29, 0.717) is 12.1 Å². The number of amides is 1. The molecule has 2 N–H and O–H groups in total. The van der Waals surface area contributed by atoms with Gasteiger partial charge in [0.2, 0.25) is 3.79 Å². The maximum atomic E-state index is 12.5. The van der Waals surface area contributed by atoms with Gasteiger partial charge in [-0.05, 0) is 17.7 Å². The van der Waals surface area contributed by atoms with Crippen molar-refractivity contribution in [2.45, 2.75) is 16.0 Å². The second-order valence-electron chi connectivity index (χ2n) is 4.23. The molecular formula is C12H9Cl3F3NO4. The summed E-state index contributed by atoms with van der Waals surface area (Å²) in [6.07, 6.45) is -5.77. The topological polar surface area (TPSA) is 75.6 Å². The van der Waals surface area contributed by atoms with Gasteiger partial charge in [0.1, 0.15) is 6.61 Å². The molecule has 0 radical (unpaired) electrons. The zero-order chi connectivity index (χ0) is 17.8. The highest BCUT2D eigenvalue weighted by Gasteiger charge is 2.31. The number of hydrogen-bond acceptors (Lipinski definition) is 3. The molecule has 0 unspecified atom stereocenters. The monoisotopic (exact) mass is 393 g/mol. The Morgan fingerprint density at radius 1 is 1.17 bits per heavy atom. The number of carbonyl (C=O) groups is 2. The number of carbonyl (C=O) groups excluding carboxylic acids is 1. The zero-order valence-electron chi connectivity index (χ0n) is 11.0. The first kappa shape index (κ1) is 19.7. The molecule has 1 aromatic carbocycles. The summed E-state index contributed by atoms with van der Waals surface area (Å²) in [4.78, 5) is 22.6. The average molecular weight is 395 g/mol. The van der Waals surface area contributed by atoms with Gasteiger partial charge in [0.15, 0.2) is 6.04 Å². The predicted octanol–water partition coefficient (Wildman–Crippen LogP) is 3.93. The van der Waals surface area contributed by atoms with Gasteiger partial charge in [-0.1, -0.05) is 46.9 Å². The van der Waals surface area contributed by atoms with Crippen LogP contribution in [0, 0.1) is 0 Å². The van der Waals surface area contributed by atoms with Crippen LogP contribution in [0.25, 0.3) is 0 Å². The van der Waals surface area contributed by atoms with Crippen LogP contribution in [0.2, 0.25) is 0 Å². The summed E-state index contributed by atoms with van der Waals surface area (Å²) in [7, 11) is 0. The summed E-state index contributed by atoms with van der Waals surface area (Å²) in [5.41, 5.74) is -1.04. The summed E-state index contributed by atoms with van der Waals surface area (Å²) in [6.45, 7) is -0.636. The van der Waals surface area contributed by atoms with Crippen LogP contribution in [0.15, 0.2) is 24.3 Å². The quantitative estimate of drug-likeness (QED) is 0.759. The molecule has 0 fully saturated rings. The third-order valence-electron chi connectivity index (χ3n) is 2.45. The average Bonchev–Trinajstić information content (AvgIpc) is 2.40. The van der Waals surface area contributed by atoms with Crippen molar-refractivity contribution < 1.29 is 32.6 Å². The number of alkyl carbamates (subject to hydrolysis) is 1. The van der Waals surface area contributed by atoms with Crippen LogP contribution in [0.3, 0.4) is 0 Å². The molecule has 1 rings (SSSR count). The van der Waals surface area contributed by atoms with Gasteiger partial charge in [-0.25, -0.2) is 9.59 Å². The summed E-state index contributed by atoms with van der Waals surface area (Å²) >= 11 is 16.1. The number of aliphatic carboxylic acids is 1. The molecule has 128 valence electrons. The lowest BCUT2D eigenvalue weighted by Crippen LogP contribution is -2.35. The minimum absolute atomic E-state index is 0.0867. The smallest absolute Gasteiger partial charge is 0.416 e. The maximum absolute atomic E-state index is 12.5. The number of alkyl halides is 6. The fraction of sp³-hybridized carbons (Fsp3) is 0.333. The Hall–Kier alpha value is -1.38. The van der Waals surface area contributed by atoms with Crippen molar-refractivity contribution in [2.75, 3.05) is 6.61 Å². The number of carboxylic acid groups (broad SMARTS) is 1. The molecule has 0 bridgehead atoms. The molecule has 0 spiro atoms. The Bertz CT molecular complexity index is 572. The van der Waals surface area contributed by atoms with E-state index in [-0.39, 0.29) is 5.56 Å². The Labute approximate surface area is 143 Å². The van der Waals surface area contributed by atoms with E-state index in [1.807, 2.05) is 5.32 Å². The molecule has 0 aliphatic rings. The van der Waals surface area contributed by atoms with Crippen LogP contribution in [0.5, 0.6) is 0 Å². The molecule has 0 saturated carbocycles. The lowest BCUT2D eigenvalue weighted by Gasteiger charge is -2.17. The van der Waals surface area contributed by atoms with E-state index < -0.39 is 40.2 Å². The number of benzene rings is 1. The first-order valence-corrected chi connectivity index (χ1v) is 6.93. The van der Waals surface area contributed by atoms with Gasteiger partial charge in [0, 0.05) is 0 Å². The number of halogens is 6. The van der Waals surface area contributed by atoms with E-state index in [9.17, 15) is 22.8 Å². The molecule has 23 heavy (non-hydrogen) atoms. The van der Waals surface area contributed by atoms with Crippen LogP contribution in [-0.2, 0) is 15.7 Å². The highest BCUT2D eigenvalue weighted by Crippen LogP contribution is 2.30. The van der Waals surface area contributed by atoms with Gasteiger partial charge < -0.3 is 15.2 Å². The summed E-state index contributed by atoms with van der Waals surface area (Å²) in [5, 5.41) is 11.0. The number of carboxylic acids is 1. The van der Waals surface area contributed by atoms with Crippen molar-refractivity contribution in [1.29, 1.82) is 0 Å². The lowest BCUT2D eigenvalue weighted by atomic mass is 10.0. The van der Waals surface area contributed by atoms with Crippen molar-refractivity contribution in [3.63, 3.8) is 0 Å². The summed E-state index contributed by atoms with van der Waals surface area (Å²) in [6, 6.07) is 1.62. The van der Waals surface area contributed by atoms with E-state index in [4.69, 9.17) is 39.9 Å². The molecule has 0 aromatic heterocycles. The fourth-order valence-corrected chi connectivity index (χ4v) is 1.62. The lowest BCUT2D eigenvalue weighted by molar-refractivity contribution is -0.139. The van der Waals surface area contributed by atoms with Crippen molar-refractivity contribution >= 4 is 46.9 Å². The molecule has 0 aliphatic carbocycles. The Morgan fingerprint density at radius 3 is 2.09 bits per heavy atom. The van der Waals surface area contributed by atoms with Crippen molar-refractivity contribution in [3.8, 4) is 0 Å². The standard InChI is InChI=1S/C12H9Cl3F3NO4/c13-11(14,15)5-23-10(22)19-8(9(20)21)6-1-3-7(4-2-6)12(16,17)18/h1-4,8H,5H2,(H,19,22)(H,20,21)/t8-/m1/s1. The Balaban J connectivity index is 2.83. The molecule has 1 aromatic rings. The Kier molecular flexibility index (Phi) is 6.38. The normalized spacial score (nSPS) is 13.3. The third-order valence-corrected chi connectivity index (χ3v) is 2.77. The van der Waals surface area contributed by atoms with Gasteiger partial charge in [0.05, 0.1) is 5.56 Å². The van der Waals surface area contributed by atoms with Gasteiger partial charge in [-0.2, -0.15) is 13.2 Å². The molecular weight excluding hydrogens is 385 g/mol. The predicted molar refractivity (Wildman–Crippen MR) is 76.6 cm³/mol. The van der Waals surface area contributed by atoms with Crippen molar-refractivity contribution in [3.05, 3.63) is 35.4 Å². The Morgan fingerprint density at radius 2 is 1.70 bits per heavy atom. The van der Waals surface area contributed by atoms with Crippen molar-refractivity contribution in [2.24, 2.45) is 0 Å². The second-order valence-corrected chi connectivity index (χ2v) is 6.74. The van der Waals surface area contributed by atoms with E-state index in [1.165, 1.54) is 0 Å². The minimum Gasteiger partial charge on any atom is -0.479 e. The number of nitrogens with one attached hydrogen (secondary N) is 1. The van der Waals surface area contributed by atoms with Gasteiger partial charge >= 0.3 is 18.2 Å². The van der Waals surface area contributed by atoms with Crippen LogP contribution in [0.4, 0.5) is 18.0 Å². The highest BCUT2D eigenvalue weighted by molar-refractivity contribution is 6.67. The van der Waals surface area contributed by atoms with Crippen LogP contribution < -0.4 is 5.32 Å². The van der Waals surface area contributed by atoms with Gasteiger partial charge in [0.25, 0.3) is 0 Å². The van der Waals surface area contributed by atoms with E-state index in [0.717, 1.165) is 12.1 Å².